The van der Waals surface area contributed by atoms with Gasteiger partial charge >= 0.3 is 5.97 Å². The van der Waals surface area contributed by atoms with E-state index in [1.807, 2.05) is 44.2 Å². The summed E-state index contributed by atoms with van der Waals surface area (Å²) in [5, 5.41) is 13.3. The average Bonchev–Trinajstić information content (AvgIpc) is 2.59. The number of ether oxygens (including phenoxy) is 1. The summed E-state index contributed by atoms with van der Waals surface area (Å²) in [5.74, 6) is -3.36. The quantitative estimate of drug-likeness (QED) is 0.320. The van der Waals surface area contributed by atoms with Crippen LogP contribution in [0.5, 0.6) is 0 Å². The molecule has 2 atom stereocenters. The van der Waals surface area contributed by atoms with Crippen molar-refractivity contribution in [1.29, 1.82) is 0 Å². The fourth-order valence-corrected chi connectivity index (χ4v) is 2.16. The highest BCUT2D eigenvalue weighted by atomic mass is 16.6. The lowest BCUT2D eigenvalue weighted by Gasteiger charge is -2.23. The second kappa shape index (κ2) is 11.2. The molecule has 0 aromatic heterocycles. The highest BCUT2D eigenvalue weighted by molar-refractivity contribution is 6.01. The number of aliphatic carboxylic acids is 1. The summed E-state index contributed by atoms with van der Waals surface area (Å²) < 4.78 is 4.64. The van der Waals surface area contributed by atoms with Gasteiger partial charge in [0, 0.05) is 0 Å². The van der Waals surface area contributed by atoms with Gasteiger partial charge in [-0.1, -0.05) is 44.2 Å². The van der Waals surface area contributed by atoms with Crippen LogP contribution in [0.4, 0.5) is 0 Å². The second-order valence-electron chi connectivity index (χ2n) is 6.09. The minimum atomic E-state index is -1.87. The maximum absolute atomic E-state index is 12.4. The third-order valence-electron chi connectivity index (χ3n) is 3.38. The van der Waals surface area contributed by atoms with Gasteiger partial charge in [0.15, 0.2) is 6.04 Å². The standard InChI is InChI=1S/C18H26N2O6/c1-4-25-18(24)15(17(22)23)19-16(21)14(10-12(2)3)20-26-11-13-8-6-5-7-9-13/h5-9,12,14-15,20H,4,10-11H2,1-3H3,(H,19,21)(H,22,23)/p-1/t14-,15?/m0/s1. The van der Waals surface area contributed by atoms with Crippen LogP contribution >= 0.6 is 0 Å². The molecule has 0 bridgehead atoms. The van der Waals surface area contributed by atoms with Crippen LogP contribution in [0.3, 0.4) is 0 Å². The molecule has 8 nitrogen and oxygen atoms in total. The first-order chi connectivity index (χ1) is 12.3. The third-order valence-corrected chi connectivity index (χ3v) is 3.38. The Bertz CT molecular complexity index is 591. The van der Waals surface area contributed by atoms with Gasteiger partial charge in [0.05, 0.1) is 19.2 Å². The number of amides is 1. The van der Waals surface area contributed by atoms with Crippen molar-refractivity contribution >= 4 is 17.8 Å². The zero-order valence-electron chi connectivity index (χ0n) is 15.2. The molecule has 0 saturated carbocycles. The smallest absolute Gasteiger partial charge is 0.334 e. The lowest BCUT2D eigenvalue weighted by Crippen LogP contribution is -2.57. The molecule has 0 aliphatic carbocycles. The molecular formula is C18H25N2O6-. The van der Waals surface area contributed by atoms with E-state index >= 15 is 0 Å². The molecule has 0 aliphatic rings. The largest absolute Gasteiger partial charge is 0.547 e. The van der Waals surface area contributed by atoms with Gasteiger partial charge in [0.1, 0.15) is 6.04 Å². The van der Waals surface area contributed by atoms with E-state index in [2.05, 4.69) is 15.5 Å². The van der Waals surface area contributed by atoms with Gasteiger partial charge in [-0.2, -0.15) is 5.48 Å². The number of hydroxylamine groups is 1. The first-order valence-electron chi connectivity index (χ1n) is 8.44. The van der Waals surface area contributed by atoms with Crippen molar-refractivity contribution in [2.75, 3.05) is 6.61 Å². The number of hydrogen-bond donors (Lipinski definition) is 2. The van der Waals surface area contributed by atoms with E-state index < -0.39 is 29.9 Å². The van der Waals surface area contributed by atoms with Crippen LogP contribution in [-0.2, 0) is 30.6 Å². The number of rotatable bonds is 11. The van der Waals surface area contributed by atoms with Gasteiger partial charge in [-0.05, 0) is 24.8 Å². The van der Waals surface area contributed by atoms with Crippen molar-refractivity contribution in [1.82, 2.24) is 10.8 Å². The van der Waals surface area contributed by atoms with Crippen LogP contribution in [0.25, 0.3) is 0 Å². The Hall–Kier alpha value is -2.45. The molecule has 0 aliphatic heterocycles. The Balaban J connectivity index is 2.68. The molecule has 0 fully saturated rings. The maximum Gasteiger partial charge on any atom is 0.334 e. The van der Waals surface area contributed by atoms with Crippen molar-refractivity contribution in [2.45, 2.75) is 45.9 Å². The molecule has 8 heteroatoms. The molecule has 1 rings (SSSR count). The molecule has 1 aromatic rings. The molecule has 0 heterocycles. The minimum Gasteiger partial charge on any atom is -0.547 e. The molecule has 2 N–H and O–H groups in total. The molecule has 1 unspecified atom stereocenters. The van der Waals surface area contributed by atoms with E-state index in [0.29, 0.717) is 6.42 Å². The van der Waals surface area contributed by atoms with Gasteiger partial charge in [0.25, 0.3) is 0 Å². The highest BCUT2D eigenvalue weighted by Crippen LogP contribution is 2.07. The fraction of sp³-hybridized carbons (Fsp3) is 0.500. The Kier molecular flexibility index (Phi) is 9.32. The van der Waals surface area contributed by atoms with Gasteiger partial charge in [0.2, 0.25) is 5.91 Å². The number of carboxylic acids is 1. The monoisotopic (exact) mass is 365 g/mol. The summed E-state index contributed by atoms with van der Waals surface area (Å²) in [7, 11) is 0. The summed E-state index contributed by atoms with van der Waals surface area (Å²) in [6, 6.07) is 6.63. The predicted molar refractivity (Wildman–Crippen MR) is 91.2 cm³/mol. The molecule has 0 radical (unpaired) electrons. The van der Waals surface area contributed by atoms with Crippen LogP contribution in [0.1, 0.15) is 32.8 Å². The fourth-order valence-electron chi connectivity index (χ4n) is 2.16. The maximum atomic E-state index is 12.4. The minimum absolute atomic E-state index is 0.00760. The zero-order valence-corrected chi connectivity index (χ0v) is 15.2. The molecule has 0 saturated heterocycles. The highest BCUT2D eigenvalue weighted by Gasteiger charge is 2.28. The summed E-state index contributed by atoms with van der Waals surface area (Å²) in [6.07, 6.45) is 0.378. The van der Waals surface area contributed by atoms with Gasteiger partial charge in [-0.25, -0.2) is 4.79 Å². The Morgan fingerprint density at radius 1 is 1.15 bits per heavy atom. The zero-order chi connectivity index (χ0) is 19.5. The first-order valence-corrected chi connectivity index (χ1v) is 8.44. The lowest BCUT2D eigenvalue weighted by atomic mass is 10.0. The normalized spacial score (nSPS) is 13.1. The SMILES string of the molecule is CCOC(=O)C(NC(=O)[C@H](CC(C)C)NOCc1ccccc1)C(=O)[O-]. The van der Waals surface area contributed by atoms with Crippen molar-refractivity contribution in [3.05, 3.63) is 35.9 Å². The summed E-state index contributed by atoms with van der Waals surface area (Å²) in [5.41, 5.74) is 3.54. The Morgan fingerprint density at radius 3 is 2.35 bits per heavy atom. The second-order valence-corrected chi connectivity index (χ2v) is 6.09. The number of hydrogen-bond acceptors (Lipinski definition) is 7. The van der Waals surface area contributed by atoms with Gasteiger partial charge < -0.3 is 20.0 Å². The third kappa shape index (κ3) is 7.62. The van der Waals surface area contributed by atoms with Crippen molar-refractivity contribution in [3.8, 4) is 0 Å². The van der Waals surface area contributed by atoms with Crippen molar-refractivity contribution < 1.29 is 29.1 Å². The average molecular weight is 365 g/mol. The van der Waals surface area contributed by atoms with Crippen LogP contribution in [0, 0.1) is 5.92 Å². The van der Waals surface area contributed by atoms with E-state index in [-0.39, 0.29) is 19.1 Å². The van der Waals surface area contributed by atoms with E-state index in [0.717, 1.165) is 5.56 Å². The summed E-state index contributed by atoms with van der Waals surface area (Å²) >= 11 is 0. The summed E-state index contributed by atoms with van der Waals surface area (Å²) in [6.45, 7) is 5.56. The van der Waals surface area contributed by atoms with E-state index in [4.69, 9.17) is 4.84 Å². The Morgan fingerprint density at radius 2 is 1.81 bits per heavy atom. The van der Waals surface area contributed by atoms with Crippen molar-refractivity contribution in [2.24, 2.45) is 5.92 Å². The molecule has 144 valence electrons. The number of nitrogens with one attached hydrogen (secondary N) is 2. The Labute approximate surface area is 152 Å². The number of esters is 1. The molecule has 1 amide bonds. The van der Waals surface area contributed by atoms with Crippen LogP contribution in [0.2, 0.25) is 0 Å². The molecule has 0 spiro atoms. The predicted octanol–water partition coefficient (Wildman–Crippen LogP) is -0.0797. The number of benzene rings is 1. The first kappa shape index (κ1) is 21.6. The van der Waals surface area contributed by atoms with Gasteiger partial charge in [-0.15, -0.1) is 0 Å². The molecule has 26 heavy (non-hydrogen) atoms. The number of carboxylic acid groups (broad SMARTS) is 1. The number of carbonyl (C=O) groups is 3. The van der Waals surface area contributed by atoms with Crippen LogP contribution in [-0.4, -0.2) is 36.5 Å². The number of carbonyl (C=O) groups excluding carboxylic acids is 3. The molecular weight excluding hydrogens is 340 g/mol. The van der Waals surface area contributed by atoms with Gasteiger partial charge in [-0.3, -0.25) is 9.63 Å². The van der Waals surface area contributed by atoms with E-state index in [9.17, 15) is 19.5 Å². The summed E-state index contributed by atoms with van der Waals surface area (Å²) in [4.78, 5) is 40.5. The van der Waals surface area contributed by atoms with E-state index in [1.165, 1.54) is 6.92 Å². The molecule has 1 aromatic carbocycles. The lowest BCUT2D eigenvalue weighted by molar-refractivity contribution is -0.307. The van der Waals surface area contributed by atoms with Crippen molar-refractivity contribution in [3.63, 3.8) is 0 Å². The topological polar surface area (TPSA) is 117 Å². The van der Waals surface area contributed by atoms with E-state index in [1.54, 1.807) is 0 Å². The van der Waals surface area contributed by atoms with Crippen LogP contribution < -0.4 is 15.9 Å². The van der Waals surface area contributed by atoms with Crippen LogP contribution in [0.15, 0.2) is 30.3 Å².